The number of Topliss-reactive ketones (excluding diaryl/α,β-unsaturated/α-hetero) is 1. The number of carbonyl (C=O) groups excluding carboxylic acids is 1. The third-order valence-corrected chi connectivity index (χ3v) is 8.21. The van der Waals surface area contributed by atoms with Crippen LogP contribution in [0.15, 0.2) is 11.1 Å². The van der Waals surface area contributed by atoms with E-state index in [1.54, 1.807) is 22.2 Å². The van der Waals surface area contributed by atoms with Crippen LogP contribution in [0.4, 0.5) is 0 Å². The van der Waals surface area contributed by atoms with Crippen LogP contribution in [0.5, 0.6) is 0 Å². The molecular weight excluding hydrogens is 332 g/mol. The van der Waals surface area contributed by atoms with E-state index in [1.165, 1.54) is 19.3 Å². The molecule has 0 N–H and O–H groups in total. The molecule has 0 unspecified atom stereocenters. The Kier molecular flexibility index (Phi) is 3.31. The Bertz CT molecular complexity index is 904. The van der Waals surface area contributed by atoms with Crippen molar-refractivity contribution >= 4 is 27.3 Å². The van der Waals surface area contributed by atoms with Gasteiger partial charge in [-0.25, -0.2) is 4.98 Å². The first-order valence-electron chi connectivity index (χ1n) is 9.43. The molecular formula is C20H24N2O2S. The van der Waals surface area contributed by atoms with Gasteiger partial charge in [-0.05, 0) is 75.7 Å². The molecule has 0 atom stereocenters. The molecule has 0 aliphatic heterocycles. The second kappa shape index (κ2) is 5.26. The van der Waals surface area contributed by atoms with Crippen LogP contribution in [0, 0.1) is 37.0 Å². The van der Waals surface area contributed by atoms with Crippen LogP contribution in [0.3, 0.4) is 0 Å². The number of aromatic nitrogens is 2. The number of thiophene rings is 1. The molecule has 4 fully saturated rings. The number of hydrogen-bond acceptors (Lipinski definition) is 4. The highest BCUT2D eigenvalue weighted by atomic mass is 32.1. The molecule has 4 aliphatic carbocycles. The van der Waals surface area contributed by atoms with Crippen LogP contribution < -0.4 is 5.56 Å². The molecule has 2 heterocycles. The summed E-state index contributed by atoms with van der Waals surface area (Å²) >= 11 is 1.56. The van der Waals surface area contributed by atoms with Crippen LogP contribution >= 0.6 is 11.3 Å². The van der Waals surface area contributed by atoms with Gasteiger partial charge in [-0.2, -0.15) is 0 Å². The van der Waals surface area contributed by atoms with Gasteiger partial charge in [0.05, 0.1) is 18.3 Å². The van der Waals surface area contributed by atoms with E-state index in [4.69, 9.17) is 0 Å². The summed E-state index contributed by atoms with van der Waals surface area (Å²) in [5.41, 5.74) is 0.807. The fourth-order valence-electron chi connectivity index (χ4n) is 6.16. The number of carbonyl (C=O) groups is 1. The Hall–Kier alpha value is -1.49. The van der Waals surface area contributed by atoms with E-state index in [-0.39, 0.29) is 23.3 Å². The first-order chi connectivity index (χ1) is 11.9. The highest BCUT2D eigenvalue weighted by Gasteiger charge is 2.54. The highest BCUT2D eigenvalue weighted by molar-refractivity contribution is 7.18. The van der Waals surface area contributed by atoms with E-state index in [9.17, 15) is 9.59 Å². The summed E-state index contributed by atoms with van der Waals surface area (Å²) in [4.78, 5) is 32.5. The number of ketones is 1. The Morgan fingerprint density at radius 2 is 1.80 bits per heavy atom. The lowest BCUT2D eigenvalue weighted by molar-refractivity contribution is -0.144. The number of fused-ring (bicyclic) bond motifs is 1. The second-order valence-electron chi connectivity index (χ2n) is 8.76. The van der Waals surface area contributed by atoms with Gasteiger partial charge >= 0.3 is 0 Å². The van der Waals surface area contributed by atoms with E-state index >= 15 is 0 Å². The summed E-state index contributed by atoms with van der Waals surface area (Å²) in [5.74, 6) is 2.51. The van der Waals surface area contributed by atoms with Crippen molar-refractivity contribution < 1.29 is 4.79 Å². The molecule has 4 nitrogen and oxygen atoms in total. The first-order valence-corrected chi connectivity index (χ1v) is 10.3. The lowest BCUT2D eigenvalue weighted by atomic mass is 9.48. The number of nitrogens with zero attached hydrogens (tertiary/aromatic N) is 2. The fraction of sp³-hybridized carbons (Fsp3) is 0.650. The normalized spacial score (nSPS) is 33.3. The minimum Gasteiger partial charge on any atom is -0.297 e. The van der Waals surface area contributed by atoms with Gasteiger partial charge in [0, 0.05) is 10.3 Å². The van der Waals surface area contributed by atoms with Crippen molar-refractivity contribution in [3.63, 3.8) is 0 Å². The Morgan fingerprint density at radius 1 is 1.20 bits per heavy atom. The molecule has 0 aromatic carbocycles. The van der Waals surface area contributed by atoms with Crippen molar-refractivity contribution in [2.24, 2.45) is 23.2 Å². The topological polar surface area (TPSA) is 52.0 Å². The first kappa shape index (κ1) is 15.7. The maximum absolute atomic E-state index is 13.3. The van der Waals surface area contributed by atoms with E-state index in [2.05, 4.69) is 4.98 Å². The zero-order chi connectivity index (χ0) is 17.3. The van der Waals surface area contributed by atoms with Gasteiger partial charge in [-0.3, -0.25) is 14.2 Å². The summed E-state index contributed by atoms with van der Waals surface area (Å²) in [6, 6.07) is 0. The average molecular weight is 356 g/mol. The molecule has 25 heavy (non-hydrogen) atoms. The standard InChI is InChI=1S/C20H24N2O2S/c1-11-12(2)25-18-17(11)19(24)22(10-21-18)9-16(23)20-6-13-3-14(7-20)5-15(4-13)8-20/h10,13-15H,3-9H2,1-2H3. The third-order valence-electron chi connectivity index (χ3n) is 7.10. The van der Waals surface area contributed by atoms with E-state index in [0.717, 1.165) is 52.3 Å². The number of aryl methyl sites for hydroxylation is 2. The van der Waals surface area contributed by atoms with Gasteiger partial charge in [-0.15, -0.1) is 11.3 Å². The summed E-state index contributed by atoms with van der Waals surface area (Å²) in [7, 11) is 0. The van der Waals surface area contributed by atoms with Crippen LogP contribution in [0.25, 0.3) is 10.2 Å². The lowest BCUT2D eigenvalue weighted by Crippen LogP contribution is -2.51. The molecule has 0 radical (unpaired) electrons. The monoisotopic (exact) mass is 356 g/mol. The van der Waals surface area contributed by atoms with Crippen molar-refractivity contribution in [1.29, 1.82) is 0 Å². The summed E-state index contributed by atoms with van der Waals surface area (Å²) in [5, 5.41) is 0.698. The minimum absolute atomic E-state index is 0.0510. The van der Waals surface area contributed by atoms with Crippen molar-refractivity contribution in [2.75, 3.05) is 0 Å². The summed E-state index contributed by atoms with van der Waals surface area (Å²) < 4.78 is 1.56. The van der Waals surface area contributed by atoms with E-state index in [0.29, 0.717) is 5.39 Å². The van der Waals surface area contributed by atoms with E-state index in [1.807, 2.05) is 13.8 Å². The molecule has 4 bridgehead atoms. The molecule has 2 aromatic rings. The van der Waals surface area contributed by atoms with Gasteiger partial charge in [-0.1, -0.05) is 0 Å². The van der Waals surface area contributed by atoms with Gasteiger partial charge in [0.2, 0.25) is 0 Å². The summed E-state index contributed by atoms with van der Waals surface area (Å²) in [6.07, 6.45) is 8.73. The van der Waals surface area contributed by atoms with Crippen molar-refractivity contribution in [3.8, 4) is 0 Å². The van der Waals surface area contributed by atoms with Crippen molar-refractivity contribution in [3.05, 3.63) is 27.1 Å². The SMILES string of the molecule is Cc1sc2ncn(CC(=O)C34CC5CC(CC(C5)C3)C4)c(=O)c2c1C. The quantitative estimate of drug-likeness (QED) is 0.839. The fourth-order valence-corrected chi connectivity index (χ4v) is 7.14. The van der Waals surface area contributed by atoms with Crippen LogP contribution in [0.2, 0.25) is 0 Å². The van der Waals surface area contributed by atoms with Crippen LogP contribution in [-0.4, -0.2) is 15.3 Å². The molecule has 0 amide bonds. The van der Waals surface area contributed by atoms with E-state index < -0.39 is 0 Å². The summed E-state index contributed by atoms with van der Waals surface area (Å²) in [6.45, 7) is 4.19. The van der Waals surface area contributed by atoms with Crippen LogP contribution in [0.1, 0.15) is 49.0 Å². The zero-order valence-corrected chi connectivity index (χ0v) is 15.7. The molecule has 4 aliphatic rings. The lowest BCUT2D eigenvalue weighted by Gasteiger charge is -2.56. The third kappa shape index (κ3) is 2.28. The predicted molar refractivity (Wildman–Crippen MR) is 99.0 cm³/mol. The Balaban J connectivity index is 1.49. The average Bonchev–Trinajstić information content (AvgIpc) is 2.84. The minimum atomic E-state index is -0.150. The van der Waals surface area contributed by atoms with Gasteiger partial charge in [0.25, 0.3) is 5.56 Å². The van der Waals surface area contributed by atoms with Crippen molar-refractivity contribution in [2.45, 2.75) is 58.9 Å². The molecule has 0 saturated heterocycles. The molecule has 0 spiro atoms. The largest absolute Gasteiger partial charge is 0.297 e. The molecule has 2 aromatic heterocycles. The second-order valence-corrected chi connectivity index (χ2v) is 9.97. The molecule has 5 heteroatoms. The zero-order valence-electron chi connectivity index (χ0n) is 14.9. The molecule has 6 rings (SSSR count). The maximum atomic E-state index is 13.3. The highest BCUT2D eigenvalue weighted by Crippen LogP contribution is 2.60. The maximum Gasteiger partial charge on any atom is 0.262 e. The number of hydrogen-bond donors (Lipinski definition) is 0. The number of rotatable bonds is 3. The Labute approximate surface area is 151 Å². The Morgan fingerprint density at radius 3 is 2.40 bits per heavy atom. The molecule has 132 valence electrons. The smallest absolute Gasteiger partial charge is 0.262 e. The predicted octanol–water partition coefficient (Wildman–Crippen LogP) is 3.86. The van der Waals surface area contributed by atoms with Gasteiger partial charge in [0.1, 0.15) is 4.83 Å². The van der Waals surface area contributed by atoms with Gasteiger partial charge in [0.15, 0.2) is 5.78 Å². The van der Waals surface area contributed by atoms with Crippen LogP contribution in [-0.2, 0) is 11.3 Å². The van der Waals surface area contributed by atoms with Gasteiger partial charge < -0.3 is 0 Å². The molecule has 4 saturated carbocycles. The van der Waals surface area contributed by atoms with Crippen molar-refractivity contribution in [1.82, 2.24) is 9.55 Å².